The Kier molecular flexibility index (Phi) is 3.72. The van der Waals surface area contributed by atoms with Crippen LogP contribution in [0.2, 0.25) is 0 Å². The van der Waals surface area contributed by atoms with E-state index in [1.165, 1.54) is 12.1 Å². The summed E-state index contributed by atoms with van der Waals surface area (Å²) in [5.41, 5.74) is 5.06. The first kappa shape index (κ1) is 13.4. The van der Waals surface area contributed by atoms with Gasteiger partial charge < -0.3 is 16.2 Å². The van der Waals surface area contributed by atoms with Gasteiger partial charge in [-0.2, -0.15) is 0 Å². The second-order valence-electron chi connectivity index (χ2n) is 4.69. The van der Waals surface area contributed by atoms with Crippen molar-refractivity contribution in [3.05, 3.63) is 29.1 Å². The van der Waals surface area contributed by atoms with Gasteiger partial charge in [0.1, 0.15) is 5.82 Å². The Balaban J connectivity index is 2.90. The Labute approximate surface area is 99.6 Å². The molecule has 4 N–H and O–H groups in total. The van der Waals surface area contributed by atoms with Gasteiger partial charge in [0.15, 0.2) is 0 Å². The molecule has 94 valence electrons. The highest BCUT2D eigenvalue weighted by Gasteiger charge is 2.18. The van der Waals surface area contributed by atoms with Crippen molar-refractivity contribution in [2.24, 2.45) is 0 Å². The average Bonchev–Trinajstić information content (AvgIpc) is 2.19. The van der Waals surface area contributed by atoms with Gasteiger partial charge in [-0.15, -0.1) is 0 Å². The van der Waals surface area contributed by atoms with Gasteiger partial charge in [-0.3, -0.25) is 4.79 Å². The van der Waals surface area contributed by atoms with Crippen molar-refractivity contribution in [3.8, 4) is 0 Å². The van der Waals surface area contributed by atoms with Crippen LogP contribution in [0, 0.1) is 12.7 Å². The zero-order valence-corrected chi connectivity index (χ0v) is 10.2. The maximum atomic E-state index is 13.7. The molecule has 17 heavy (non-hydrogen) atoms. The molecule has 0 saturated heterocycles. The number of hydrogen-bond donors (Lipinski definition) is 3. The van der Waals surface area contributed by atoms with Crippen molar-refractivity contribution in [2.45, 2.75) is 26.4 Å². The molecule has 1 aromatic carbocycles. The Morgan fingerprint density at radius 2 is 2.12 bits per heavy atom. The molecule has 1 amide bonds. The number of aryl methyl sites for hydroxylation is 1. The lowest BCUT2D eigenvalue weighted by Crippen LogP contribution is -2.38. The Morgan fingerprint density at radius 3 is 2.65 bits per heavy atom. The van der Waals surface area contributed by atoms with Crippen molar-refractivity contribution in [1.29, 1.82) is 0 Å². The largest absolute Gasteiger partial charge is 0.399 e. The molecule has 0 radical (unpaired) electrons. The van der Waals surface area contributed by atoms with E-state index in [-0.39, 0.29) is 12.1 Å². The van der Waals surface area contributed by atoms with Crippen LogP contribution in [0.3, 0.4) is 0 Å². The summed E-state index contributed by atoms with van der Waals surface area (Å²) in [4.78, 5) is 11.7. The first-order valence-electron chi connectivity index (χ1n) is 5.27. The van der Waals surface area contributed by atoms with Crippen molar-refractivity contribution < 1.29 is 14.3 Å². The summed E-state index contributed by atoms with van der Waals surface area (Å²) >= 11 is 0. The zero-order valence-electron chi connectivity index (χ0n) is 10.2. The summed E-state index contributed by atoms with van der Waals surface area (Å²) in [6, 6.07) is 2.74. The zero-order chi connectivity index (χ0) is 13.2. The number of amides is 1. The topological polar surface area (TPSA) is 75.4 Å². The number of carbonyl (C=O) groups excluding carboxylic acids is 1. The predicted octanol–water partition coefficient (Wildman–Crippen LogP) is 1.22. The Morgan fingerprint density at radius 1 is 1.53 bits per heavy atom. The third kappa shape index (κ3) is 3.71. The van der Waals surface area contributed by atoms with E-state index < -0.39 is 17.3 Å². The SMILES string of the molecule is Cc1cc(N)cc(C(=O)NCC(C)(C)O)c1F. The van der Waals surface area contributed by atoms with Crippen LogP contribution in [0.4, 0.5) is 10.1 Å². The van der Waals surface area contributed by atoms with Crippen LogP contribution in [-0.2, 0) is 0 Å². The lowest BCUT2D eigenvalue weighted by molar-refractivity contribution is 0.0692. The van der Waals surface area contributed by atoms with Crippen LogP contribution >= 0.6 is 0 Å². The minimum atomic E-state index is -1.04. The van der Waals surface area contributed by atoms with Crippen LogP contribution in [0.25, 0.3) is 0 Å². The molecular formula is C12H17FN2O2. The van der Waals surface area contributed by atoms with E-state index in [4.69, 9.17) is 5.73 Å². The van der Waals surface area contributed by atoms with Gasteiger partial charge >= 0.3 is 0 Å². The van der Waals surface area contributed by atoms with Gasteiger partial charge in [-0.25, -0.2) is 4.39 Å². The van der Waals surface area contributed by atoms with Gasteiger partial charge in [0.25, 0.3) is 5.91 Å². The number of halogens is 1. The van der Waals surface area contributed by atoms with E-state index in [9.17, 15) is 14.3 Å². The molecule has 1 rings (SSSR count). The molecule has 0 aliphatic carbocycles. The van der Waals surface area contributed by atoms with E-state index in [1.54, 1.807) is 20.8 Å². The summed E-state index contributed by atoms with van der Waals surface area (Å²) in [5.74, 6) is -1.17. The van der Waals surface area contributed by atoms with Crippen molar-refractivity contribution in [2.75, 3.05) is 12.3 Å². The smallest absolute Gasteiger partial charge is 0.254 e. The maximum absolute atomic E-state index is 13.7. The van der Waals surface area contributed by atoms with E-state index >= 15 is 0 Å². The molecule has 5 heteroatoms. The minimum absolute atomic E-state index is 0.0408. The average molecular weight is 240 g/mol. The summed E-state index contributed by atoms with van der Waals surface area (Å²) in [6.07, 6.45) is 0. The number of nitrogen functional groups attached to an aromatic ring is 1. The predicted molar refractivity (Wildman–Crippen MR) is 64.2 cm³/mol. The molecular weight excluding hydrogens is 223 g/mol. The molecule has 0 heterocycles. The van der Waals surface area contributed by atoms with Crippen molar-refractivity contribution >= 4 is 11.6 Å². The first-order valence-corrected chi connectivity index (χ1v) is 5.27. The van der Waals surface area contributed by atoms with Gasteiger partial charge in [-0.1, -0.05) is 0 Å². The van der Waals surface area contributed by atoms with E-state index in [1.807, 2.05) is 0 Å². The number of rotatable bonds is 3. The fourth-order valence-electron chi connectivity index (χ4n) is 1.35. The van der Waals surface area contributed by atoms with E-state index in [2.05, 4.69) is 5.32 Å². The Bertz CT molecular complexity index is 439. The van der Waals surface area contributed by atoms with Crippen LogP contribution in [0.5, 0.6) is 0 Å². The van der Waals surface area contributed by atoms with E-state index in [0.29, 0.717) is 11.3 Å². The van der Waals surface area contributed by atoms with Crippen LogP contribution in [0.15, 0.2) is 12.1 Å². The first-order chi connectivity index (χ1) is 7.70. The number of nitrogens with one attached hydrogen (secondary N) is 1. The third-order valence-corrected chi connectivity index (χ3v) is 2.20. The summed E-state index contributed by atoms with van der Waals surface area (Å²) in [6.45, 7) is 4.68. The monoisotopic (exact) mass is 240 g/mol. The van der Waals surface area contributed by atoms with Crippen LogP contribution in [-0.4, -0.2) is 23.2 Å². The lowest BCUT2D eigenvalue weighted by Gasteiger charge is -2.18. The molecule has 4 nitrogen and oxygen atoms in total. The van der Waals surface area contributed by atoms with E-state index in [0.717, 1.165) is 0 Å². The fraction of sp³-hybridized carbons (Fsp3) is 0.417. The Hall–Kier alpha value is -1.62. The quantitative estimate of drug-likeness (QED) is 0.695. The maximum Gasteiger partial charge on any atom is 0.254 e. The normalized spacial score (nSPS) is 11.4. The molecule has 0 aromatic heterocycles. The number of hydrogen-bond acceptors (Lipinski definition) is 3. The molecule has 0 bridgehead atoms. The minimum Gasteiger partial charge on any atom is -0.399 e. The molecule has 1 aromatic rings. The standard InChI is InChI=1S/C12H17FN2O2/c1-7-4-8(14)5-9(10(7)13)11(16)15-6-12(2,3)17/h4-5,17H,6,14H2,1-3H3,(H,15,16). The molecule has 0 fully saturated rings. The fourth-order valence-corrected chi connectivity index (χ4v) is 1.35. The second-order valence-corrected chi connectivity index (χ2v) is 4.69. The molecule has 0 spiro atoms. The summed E-state index contributed by atoms with van der Waals surface area (Å²) in [7, 11) is 0. The molecule has 0 saturated carbocycles. The number of anilines is 1. The second kappa shape index (κ2) is 4.71. The van der Waals surface area contributed by atoms with Crippen LogP contribution in [0.1, 0.15) is 29.8 Å². The van der Waals surface area contributed by atoms with Gasteiger partial charge in [-0.05, 0) is 38.5 Å². The van der Waals surface area contributed by atoms with Crippen molar-refractivity contribution in [1.82, 2.24) is 5.32 Å². The molecule has 0 aliphatic heterocycles. The third-order valence-electron chi connectivity index (χ3n) is 2.20. The lowest BCUT2D eigenvalue weighted by atomic mass is 10.1. The summed E-state index contributed by atoms with van der Waals surface area (Å²) in [5, 5.41) is 11.9. The highest BCUT2D eigenvalue weighted by molar-refractivity contribution is 5.95. The van der Waals surface area contributed by atoms with Crippen molar-refractivity contribution in [3.63, 3.8) is 0 Å². The van der Waals surface area contributed by atoms with Gasteiger partial charge in [0, 0.05) is 12.2 Å². The number of benzene rings is 1. The molecule has 0 unspecified atom stereocenters. The van der Waals surface area contributed by atoms with Crippen LogP contribution < -0.4 is 11.1 Å². The number of nitrogens with two attached hydrogens (primary N) is 1. The number of aliphatic hydroxyl groups is 1. The highest BCUT2D eigenvalue weighted by atomic mass is 19.1. The molecule has 0 aliphatic rings. The molecule has 0 atom stereocenters. The highest BCUT2D eigenvalue weighted by Crippen LogP contribution is 2.17. The van der Waals surface area contributed by atoms with Gasteiger partial charge in [0.2, 0.25) is 0 Å². The summed E-state index contributed by atoms with van der Waals surface area (Å²) < 4.78 is 13.7. The van der Waals surface area contributed by atoms with Gasteiger partial charge in [0.05, 0.1) is 11.2 Å². The number of carbonyl (C=O) groups is 1.